The number of carbonyl (C=O) groups is 2. The van der Waals surface area contributed by atoms with Gasteiger partial charge in [-0.05, 0) is 61.9 Å². The van der Waals surface area contributed by atoms with Crippen LogP contribution in [0, 0.1) is 0 Å². The molecule has 0 radical (unpaired) electrons. The summed E-state index contributed by atoms with van der Waals surface area (Å²) in [5.41, 5.74) is 3.48. The first-order valence-electron chi connectivity index (χ1n) is 13.1. The van der Waals surface area contributed by atoms with Crippen LogP contribution in [0.2, 0.25) is 10.0 Å². The van der Waals surface area contributed by atoms with E-state index in [1.807, 2.05) is 51.1 Å². The third-order valence-electron chi connectivity index (χ3n) is 6.43. The molecule has 3 aromatic rings. The van der Waals surface area contributed by atoms with E-state index in [4.69, 9.17) is 23.2 Å². The van der Waals surface area contributed by atoms with Gasteiger partial charge in [0.2, 0.25) is 11.8 Å². The van der Waals surface area contributed by atoms with Crippen molar-refractivity contribution in [3.05, 3.63) is 105 Å². The van der Waals surface area contributed by atoms with Crippen molar-refractivity contribution in [2.75, 3.05) is 0 Å². The van der Waals surface area contributed by atoms with Crippen LogP contribution in [0.1, 0.15) is 69.2 Å². The Balaban J connectivity index is 1.95. The zero-order valence-corrected chi connectivity index (χ0v) is 24.4. The molecule has 0 spiro atoms. The van der Waals surface area contributed by atoms with Crippen LogP contribution in [0.15, 0.2) is 72.8 Å². The number of nitrogens with zero attached hydrogens (tertiary/aromatic N) is 1. The van der Waals surface area contributed by atoms with Gasteiger partial charge in [0.05, 0.1) is 0 Å². The Labute approximate surface area is 237 Å². The summed E-state index contributed by atoms with van der Waals surface area (Å²) in [6.07, 6.45) is 1.21. The molecule has 0 aliphatic heterocycles. The molecule has 4 nitrogen and oxygen atoms in total. The molecule has 0 saturated heterocycles. The van der Waals surface area contributed by atoms with E-state index in [-0.39, 0.29) is 24.8 Å². The lowest BCUT2D eigenvalue weighted by Gasteiger charge is -2.34. The van der Waals surface area contributed by atoms with Crippen LogP contribution in [0.4, 0.5) is 0 Å². The summed E-state index contributed by atoms with van der Waals surface area (Å²) in [7, 11) is 0. The lowest BCUT2D eigenvalue weighted by Crippen LogP contribution is -2.54. The Morgan fingerprint density at radius 2 is 1.45 bits per heavy atom. The fourth-order valence-electron chi connectivity index (χ4n) is 4.32. The largest absolute Gasteiger partial charge is 0.350 e. The zero-order valence-electron chi connectivity index (χ0n) is 22.9. The number of rotatable bonds is 10. The summed E-state index contributed by atoms with van der Waals surface area (Å²) in [6, 6.07) is 22.7. The molecule has 0 bridgehead atoms. The van der Waals surface area contributed by atoms with Gasteiger partial charge in [-0.15, -0.1) is 0 Å². The van der Waals surface area contributed by atoms with Gasteiger partial charge in [-0.1, -0.05) is 97.7 Å². The summed E-state index contributed by atoms with van der Waals surface area (Å²) in [4.78, 5) is 29.2. The molecule has 0 unspecified atom stereocenters. The maximum absolute atomic E-state index is 13.9. The second-order valence-electron chi connectivity index (χ2n) is 11.1. The predicted molar refractivity (Wildman–Crippen MR) is 158 cm³/mol. The van der Waals surface area contributed by atoms with Crippen molar-refractivity contribution >= 4 is 35.0 Å². The summed E-state index contributed by atoms with van der Waals surface area (Å²) in [5.74, 6) is 0.111. The minimum absolute atomic E-state index is 0.126. The van der Waals surface area contributed by atoms with Crippen molar-refractivity contribution in [1.82, 2.24) is 10.2 Å². The highest BCUT2D eigenvalue weighted by molar-refractivity contribution is 6.36. The SMILES string of the molecule is CC(C)c1ccc(CCC(=O)N(Cc2c(Cl)cccc2Cl)[C@@H](Cc2ccccc2)C(=O)NC(C)(C)C)cc1. The molecule has 0 aromatic heterocycles. The van der Waals surface area contributed by atoms with Crippen LogP contribution >= 0.6 is 23.2 Å². The molecular formula is C32H38Cl2N2O2. The summed E-state index contributed by atoms with van der Waals surface area (Å²) < 4.78 is 0. The van der Waals surface area contributed by atoms with E-state index in [1.165, 1.54) is 5.56 Å². The van der Waals surface area contributed by atoms with Crippen LogP contribution in [-0.4, -0.2) is 28.3 Å². The number of halogens is 2. The van der Waals surface area contributed by atoms with Gasteiger partial charge in [0.1, 0.15) is 6.04 Å². The third kappa shape index (κ3) is 8.61. The number of aryl methyl sites for hydroxylation is 1. The highest BCUT2D eigenvalue weighted by atomic mass is 35.5. The summed E-state index contributed by atoms with van der Waals surface area (Å²) >= 11 is 13.0. The van der Waals surface area contributed by atoms with Gasteiger partial charge >= 0.3 is 0 Å². The summed E-state index contributed by atoms with van der Waals surface area (Å²) in [6.45, 7) is 10.3. The second-order valence-corrected chi connectivity index (χ2v) is 11.9. The van der Waals surface area contributed by atoms with Crippen LogP contribution < -0.4 is 5.32 Å². The Kier molecular flexibility index (Phi) is 10.4. The minimum atomic E-state index is -0.736. The Hall–Kier alpha value is -2.82. The van der Waals surface area contributed by atoms with Crippen molar-refractivity contribution < 1.29 is 9.59 Å². The van der Waals surface area contributed by atoms with Gasteiger partial charge in [-0.3, -0.25) is 9.59 Å². The minimum Gasteiger partial charge on any atom is -0.350 e. The van der Waals surface area contributed by atoms with E-state index in [1.54, 1.807) is 23.1 Å². The van der Waals surface area contributed by atoms with E-state index in [0.29, 0.717) is 34.4 Å². The van der Waals surface area contributed by atoms with Crippen LogP contribution in [0.3, 0.4) is 0 Å². The Morgan fingerprint density at radius 1 is 0.842 bits per heavy atom. The lowest BCUT2D eigenvalue weighted by atomic mass is 9.98. The molecule has 3 aromatic carbocycles. The van der Waals surface area contributed by atoms with Crippen molar-refractivity contribution in [2.45, 2.75) is 77.9 Å². The van der Waals surface area contributed by atoms with Crippen LogP contribution in [0.5, 0.6) is 0 Å². The molecule has 38 heavy (non-hydrogen) atoms. The van der Waals surface area contributed by atoms with Crippen LogP contribution in [-0.2, 0) is 29.0 Å². The normalized spacial score (nSPS) is 12.3. The number of carbonyl (C=O) groups excluding carboxylic acids is 2. The van der Waals surface area contributed by atoms with Gasteiger partial charge in [0.15, 0.2) is 0 Å². The van der Waals surface area contributed by atoms with Crippen molar-refractivity contribution in [3.63, 3.8) is 0 Å². The fourth-order valence-corrected chi connectivity index (χ4v) is 4.84. The molecule has 0 heterocycles. The van der Waals surface area contributed by atoms with Gasteiger partial charge < -0.3 is 10.2 Å². The van der Waals surface area contributed by atoms with Gasteiger partial charge in [-0.25, -0.2) is 0 Å². The average molecular weight is 554 g/mol. The maximum atomic E-state index is 13.9. The monoisotopic (exact) mass is 552 g/mol. The molecule has 2 amide bonds. The highest BCUT2D eigenvalue weighted by Crippen LogP contribution is 2.28. The molecule has 202 valence electrons. The average Bonchev–Trinajstić information content (AvgIpc) is 2.86. The first-order valence-corrected chi connectivity index (χ1v) is 13.9. The Morgan fingerprint density at radius 3 is 2.00 bits per heavy atom. The van der Waals surface area contributed by atoms with Gasteiger partial charge in [0, 0.05) is 40.5 Å². The summed E-state index contributed by atoms with van der Waals surface area (Å²) in [5, 5.41) is 4.02. The predicted octanol–water partition coefficient (Wildman–Crippen LogP) is 7.60. The molecule has 0 aliphatic rings. The molecule has 1 N–H and O–H groups in total. The van der Waals surface area contributed by atoms with Crippen molar-refractivity contribution in [3.8, 4) is 0 Å². The van der Waals surface area contributed by atoms with E-state index >= 15 is 0 Å². The lowest BCUT2D eigenvalue weighted by molar-refractivity contribution is -0.141. The van der Waals surface area contributed by atoms with Crippen molar-refractivity contribution in [1.29, 1.82) is 0 Å². The molecule has 0 fully saturated rings. The first-order chi connectivity index (χ1) is 17.9. The molecule has 1 atom stereocenters. The number of benzene rings is 3. The number of hydrogen-bond acceptors (Lipinski definition) is 2. The number of amides is 2. The standard InChI is InChI=1S/C32H38Cl2N2O2/c1-22(2)25-17-14-23(15-18-25)16-19-30(37)36(21-26-27(33)12-9-13-28(26)34)29(31(38)35-32(3,4)5)20-24-10-7-6-8-11-24/h6-15,17-18,22,29H,16,19-21H2,1-5H3,(H,35,38)/t29-/m0/s1. The van der Waals surface area contributed by atoms with Crippen LogP contribution in [0.25, 0.3) is 0 Å². The van der Waals surface area contributed by atoms with Gasteiger partial charge in [0.25, 0.3) is 0 Å². The number of hydrogen-bond donors (Lipinski definition) is 1. The quantitative estimate of drug-likeness (QED) is 0.281. The van der Waals surface area contributed by atoms with E-state index < -0.39 is 11.6 Å². The maximum Gasteiger partial charge on any atom is 0.243 e. The molecule has 3 rings (SSSR count). The van der Waals surface area contributed by atoms with E-state index in [2.05, 4.69) is 43.4 Å². The molecule has 0 saturated carbocycles. The molecule has 6 heteroatoms. The zero-order chi connectivity index (χ0) is 27.9. The molecule has 0 aliphatic carbocycles. The smallest absolute Gasteiger partial charge is 0.243 e. The second kappa shape index (κ2) is 13.3. The van der Waals surface area contributed by atoms with Crippen molar-refractivity contribution in [2.24, 2.45) is 0 Å². The Bertz CT molecular complexity index is 1200. The van der Waals surface area contributed by atoms with E-state index in [0.717, 1.165) is 11.1 Å². The van der Waals surface area contributed by atoms with Gasteiger partial charge in [-0.2, -0.15) is 0 Å². The number of nitrogens with one attached hydrogen (secondary N) is 1. The fraction of sp³-hybridized carbons (Fsp3) is 0.375. The third-order valence-corrected chi connectivity index (χ3v) is 7.14. The molecular weight excluding hydrogens is 515 g/mol. The van der Waals surface area contributed by atoms with E-state index in [9.17, 15) is 9.59 Å². The first kappa shape index (κ1) is 29.7. The topological polar surface area (TPSA) is 49.4 Å². The highest BCUT2D eigenvalue weighted by Gasteiger charge is 2.32.